The molecular weight excluding hydrogens is 319 g/mol. The molecule has 2 rings (SSSR count). The lowest BCUT2D eigenvalue weighted by Gasteiger charge is -2.22. The van der Waals surface area contributed by atoms with Gasteiger partial charge in [0.2, 0.25) is 0 Å². The quantitative estimate of drug-likeness (QED) is 0.663. The van der Waals surface area contributed by atoms with Gasteiger partial charge in [-0.25, -0.2) is 4.79 Å². The lowest BCUT2D eigenvalue weighted by atomic mass is 10.0. The molecule has 0 unspecified atom stereocenters. The van der Waals surface area contributed by atoms with Crippen molar-refractivity contribution in [1.29, 1.82) is 0 Å². The van der Waals surface area contributed by atoms with E-state index >= 15 is 0 Å². The van der Waals surface area contributed by atoms with Crippen molar-refractivity contribution in [2.24, 2.45) is 0 Å². The molecule has 0 bridgehead atoms. The Morgan fingerprint density at radius 3 is 1.88 bits per heavy atom. The first-order chi connectivity index (χ1) is 11.5. The molecule has 4 heteroatoms. The summed E-state index contributed by atoms with van der Waals surface area (Å²) in [6.07, 6.45) is 0. The average Bonchev–Trinajstić information content (AvgIpc) is 2.54. The lowest BCUT2D eigenvalue weighted by molar-refractivity contribution is 0.103. The minimum Gasteiger partial charge on any atom is -0.240 e. The first-order valence-corrected chi connectivity index (χ1v) is 9.95. The third-order valence-electron chi connectivity index (χ3n) is 3.88. The van der Waals surface area contributed by atoms with Gasteiger partial charge in [-0.05, 0) is 57.9 Å². The molecule has 0 aliphatic heterocycles. The third-order valence-corrected chi connectivity index (χ3v) is 6.86. The van der Waals surface area contributed by atoms with Crippen LogP contribution in [-0.2, 0) is 9.05 Å². The molecule has 0 radical (unpaired) electrons. The van der Waals surface area contributed by atoms with E-state index in [-0.39, 0.29) is 5.52 Å². The largest absolute Gasteiger partial charge is 0.382 e. The number of hydrogen-bond donors (Lipinski definition) is 0. The van der Waals surface area contributed by atoms with Gasteiger partial charge in [0.15, 0.2) is 5.30 Å². The molecule has 3 nitrogen and oxygen atoms in total. The molecule has 0 saturated heterocycles. The minimum absolute atomic E-state index is 0.0348. The van der Waals surface area contributed by atoms with Crippen LogP contribution in [0.15, 0.2) is 42.5 Å². The molecular formula is C20H26O3P+. The average molecular weight is 345 g/mol. The smallest absolute Gasteiger partial charge is 0.240 e. The van der Waals surface area contributed by atoms with Crippen molar-refractivity contribution in [3.8, 4) is 0 Å². The highest BCUT2D eigenvalue weighted by Gasteiger charge is 2.55. The fourth-order valence-electron chi connectivity index (χ4n) is 3.07. The number of carbonyl (C=O) groups excluding carboxylic acids is 1. The Hall–Kier alpha value is -1.54. The first kappa shape index (κ1) is 18.8. The van der Waals surface area contributed by atoms with Crippen LogP contribution in [0.3, 0.4) is 0 Å². The van der Waals surface area contributed by atoms with E-state index in [1.807, 2.05) is 77.1 Å². The highest BCUT2D eigenvalue weighted by molar-refractivity contribution is 7.89. The van der Waals surface area contributed by atoms with Crippen LogP contribution in [0.2, 0.25) is 0 Å². The van der Waals surface area contributed by atoms with Crippen LogP contribution in [0.1, 0.15) is 40.9 Å². The van der Waals surface area contributed by atoms with Crippen molar-refractivity contribution in [3.63, 3.8) is 0 Å². The number of hydrogen-bond acceptors (Lipinski definition) is 3. The lowest BCUT2D eigenvalue weighted by Crippen LogP contribution is -2.25. The Labute approximate surface area is 145 Å². The molecule has 0 aliphatic carbocycles. The van der Waals surface area contributed by atoms with Gasteiger partial charge in [-0.15, -0.1) is 0 Å². The van der Waals surface area contributed by atoms with Crippen LogP contribution < -0.4 is 5.30 Å². The number of rotatable bonds is 7. The standard InChI is InChI=1S/C20H26O3P/c1-6-22-24(23-7-2,18-11-9-8-10-12-18)20(21)19-16(4)13-15(3)14-17(19)5/h8-14H,6-7H2,1-5H3/q+1. The van der Waals surface area contributed by atoms with Gasteiger partial charge in [0.05, 0.1) is 18.8 Å². The summed E-state index contributed by atoms with van der Waals surface area (Å²) < 4.78 is 12.1. The van der Waals surface area contributed by atoms with Gasteiger partial charge >= 0.3 is 13.2 Å². The summed E-state index contributed by atoms with van der Waals surface area (Å²) in [5.74, 6) is 0. The predicted molar refractivity (Wildman–Crippen MR) is 101 cm³/mol. The van der Waals surface area contributed by atoms with E-state index < -0.39 is 7.72 Å². The Morgan fingerprint density at radius 2 is 1.42 bits per heavy atom. The van der Waals surface area contributed by atoms with Crippen molar-refractivity contribution in [2.45, 2.75) is 34.6 Å². The summed E-state index contributed by atoms with van der Waals surface area (Å²) >= 11 is 0. The summed E-state index contributed by atoms with van der Waals surface area (Å²) in [6, 6.07) is 13.7. The highest BCUT2D eigenvalue weighted by Crippen LogP contribution is 2.62. The zero-order valence-electron chi connectivity index (χ0n) is 15.1. The van der Waals surface area contributed by atoms with Crippen molar-refractivity contribution in [1.82, 2.24) is 0 Å². The second-order valence-corrected chi connectivity index (χ2v) is 8.34. The maximum Gasteiger partial charge on any atom is 0.382 e. The molecule has 0 aromatic heterocycles. The molecule has 0 aliphatic rings. The molecule has 0 atom stereocenters. The first-order valence-electron chi connectivity index (χ1n) is 8.32. The molecule has 2 aromatic rings. The Kier molecular flexibility index (Phi) is 6.28. The molecule has 2 aromatic carbocycles. The van der Waals surface area contributed by atoms with Gasteiger partial charge < -0.3 is 0 Å². The van der Waals surface area contributed by atoms with E-state index in [9.17, 15) is 4.79 Å². The molecule has 0 amide bonds. The SMILES string of the molecule is CCO[P+](OCC)(C(=O)c1c(C)cc(C)cc1C)c1ccccc1. The Morgan fingerprint density at radius 1 is 0.917 bits per heavy atom. The second kappa shape index (κ2) is 8.02. The molecule has 0 N–H and O–H groups in total. The summed E-state index contributed by atoms with van der Waals surface area (Å²) in [5.41, 5.74) is 3.78. The summed E-state index contributed by atoms with van der Waals surface area (Å²) in [5, 5.41) is 0.832. The van der Waals surface area contributed by atoms with E-state index in [4.69, 9.17) is 9.05 Å². The monoisotopic (exact) mass is 345 g/mol. The fourth-order valence-corrected chi connectivity index (χ4v) is 5.85. The van der Waals surface area contributed by atoms with Crippen molar-refractivity contribution >= 4 is 18.5 Å². The van der Waals surface area contributed by atoms with Gasteiger partial charge in [0, 0.05) is 0 Å². The Bertz CT molecular complexity index is 681. The van der Waals surface area contributed by atoms with Crippen LogP contribution in [-0.4, -0.2) is 18.7 Å². The fraction of sp³-hybridized carbons (Fsp3) is 0.350. The maximum atomic E-state index is 13.6. The van der Waals surface area contributed by atoms with E-state index in [0.717, 1.165) is 27.6 Å². The minimum atomic E-state index is -2.87. The van der Waals surface area contributed by atoms with Gasteiger partial charge in [-0.1, -0.05) is 35.9 Å². The maximum absolute atomic E-state index is 13.6. The molecule has 0 spiro atoms. The summed E-state index contributed by atoms with van der Waals surface area (Å²) in [4.78, 5) is 13.6. The number of aryl methyl sites for hydroxylation is 3. The third kappa shape index (κ3) is 3.59. The van der Waals surface area contributed by atoms with Gasteiger partial charge in [-0.2, -0.15) is 9.05 Å². The predicted octanol–water partition coefficient (Wildman–Crippen LogP) is 5.00. The number of carbonyl (C=O) groups is 1. The van der Waals surface area contributed by atoms with Crippen LogP contribution in [0.25, 0.3) is 0 Å². The van der Waals surface area contributed by atoms with Crippen molar-refractivity contribution in [3.05, 3.63) is 64.7 Å². The summed E-state index contributed by atoms with van der Waals surface area (Å²) in [6.45, 7) is 10.7. The number of benzene rings is 2. The van der Waals surface area contributed by atoms with Crippen LogP contribution in [0.5, 0.6) is 0 Å². The van der Waals surface area contributed by atoms with E-state index in [2.05, 4.69) is 0 Å². The van der Waals surface area contributed by atoms with Crippen LogP contribution in [0, 0.1) is 20.8 Å². The van der Waals surface area contributed by atoms with E-state index in [0.29, 0.717) is 13.2 Å². The normalized spacial score (nSPS) is 11.5. The molecule has 128 valence electrons. The van der Waals surface area contributed by atoms with Gasteiger partial charge in [0.1, 0.15) is 0 Å². The van der Waals surface area contributed by atoms with Crippen LogP contribution in [0.4, 0.5) is 0 Å². The molecule has 0 fully saturated rings. The van der Waals surface area contributed by atoms with Crippen molar-refractivity contribution in [2.75, 3.05) is 13.2 Å². The van der Waals surface area contributed by atoms with Crippen molar-refractivity contribution < 1.29 is 13.8 Å². The topological polar surface area (TPSA) is 35.5 Å². The van der Waals surface area contributed by atoms with Gasteiger partial charge in [0.25, 0.3) is 0 Å². The van der Waals surface area contributed by atoms with E-state index in [1.165, 1.54) is 0 Å². The molecule has 24 heavy (non-hydrogen) atoms. The molecule has 0 heterocycles. The van der Waals surface area contributed by atoms with E-state index in [1.54, 1.807) is 0 Å². The molecule has 0 saturated carbocycles. The Balaban J connectivity index is 2.65. The summed E-state index contributed by atoms with van der Waals surface area (Å²) in [7, 11) is -2.87. The van der Waals surface area contributed by atoms with Gasteiger partial charge in [-0.3, -0.25) is 0 Å². The zero-order chi connectivity index (χ0) is 17.7. The second-order valence-electron chi connectivity index (χ2n) is 5.80. The zero-order valence-corrected chi connectivity index (χ0v) is 16.0. The highest BCUT2D eigenvalue weighted by atomic mass is 31.2. The van der Waals surface area contributed by atoms with Crippen LogP contribution >= 0.6 is 7.72 Å².